The summed E-state index contributed by atoms with van der Waals surface area (Å²) < 4.78 is 140. The van der Waals surface area contributed by atoms with Crippen molar-refractivity contribution in [2.24, 2.45) is 16.2 Å². The van der Waals surface area contributed by atoms with E-state index in [1.54, 1.807) is 62.3 Å². The molecule has 0 aromatic heterocycles. The Morgan fingerprint density at radius 3 is 0.985 bits per heavy atom. The highest BCUT2D eigenvalue weighted by Gasteiger charge is 2.48. The minimum absolute atomic E-state index is 0.186. The molecule has 0 saturated carbocycles. The molecule has 380 valence electrons. The maximum absolute atomic E-state index is 13.4. The normalized spacial score (nSPS) is 12.1. The molecular weight excluding hydrogens is 900 g/mol. The second kappa shape index (κ2) is 29.0. The summed E-state index contributed by atoms with van der Waals surface area (Å²) in [5.74, 6) is -21.7. The second-order valence-electron chi connectivity index (χ2n) is 16.4. The number of ether oxygens (including phenoxy) is 8. The van der Waals surface area contributed by atoms with E-state index < -0.39 is 153 Å². The smallest absolute Gasteiger partial charge is 0.344 e. The third kappa shape index (κ3) is 34.3. The third-order valence-corrected chi connectivity index (χ3v) is 8.61. The first-order chi connectivity index (χ1) is 29.3. The molecule has 0 amide bonds. The van der Waals surface area contributed by atoms with Crippen molar-refractivity contribution in [1.82, 2.24) is 0 Å². The molecule has 0 fully saturated rings. The number of rotatable bonds is 26. The van der Waals surface area contributed by atoms with Crippen LogP contribution in [-0.2, 0) is 76.3 Å². The van der Waals surface area contributed by atoms with Crippen molar-refractivity contribution in [3.05, 3.63) is 0 Å². The van der Waals surface area contributed by atoms with E-state index in [1.165, 1.54) is 0 Å². The monoisotopic (exact) mass is 964 g/mol. The zero-order valence-corrected chi connectivity index (χ0v) is 39.0. The van der Waals surface area contributed by atoms with Crippen LogP contribution in [0.1, 0.15) is 122 Å². The first kappa shape index (κ1) is 64.5. The summed E-state index contributed by atoms with van der Waals surface area (Å²) in [6.07, 6.45) is -3.32. The molecule has 65 heavy (non-hydrogen) atoms. The van der Waals surface area contributed by atoms with E-state index in [-0.39, 0.29) is 13.5 Å². The zero-order valence-electron chi connectivity index (χ0n) is 39.0. The van der Waals surface area contributed by atoms with Crippen LogP contribution in [0, 0.1) is 16.2 Å². The Morgan fingerprint density at radius 1 is 0.369 bits per heavy atom. The van der Waals surface area contributed by atoms with Gasteiger partial charge in [0.1, 0.15) is 0 Å². The van der Waals surface area contributed by atoms with Gasteiger partial charge >= 0.3 is 47.8 Å². The summed E-state index contributed by atoms with van der Waals surface area (Å²) >= 11 is 0. The molecule has 0 saturated heterocycles. The summed E-state index contributed by atoms with van der Waals surface area (Å²) in [6.45, 7) is 12.5. The van der Waals surface area contributed by atoms with Gasteiger partial charge in [-0.3, -0.25) is 14.4 Å². The predicted molar refractivity (Wildman–Crippen MR) is 211 cm³/mol. The minimum Gasteiger partial charge on any atom is -0.463 e. The van der Waals surface area contributed by atoms with Crippen molar-refractivity contribution in [2.75, 3.05) is 52.9 Å². The number of hydrogen-bond acceptors (Lipinski definition) is 16. The molecule has 0 spiro atoms. The first-order valence-electron chi connectivity index (χ1n) is 20.1. The molecule has 0 aliphatic carbocycles. The molecule has 0 atom stereocenters. The van der Waals surface area contributed by atoms with Crippen LogP contribution in [0.15, 0.2) is 0 Å². The summed E-state index contributed by atoms with van der Waals surface area (Å²) in [5.41, 5.74) is -2.25. The van der Waals surface area contributed by atoms with Crippen molar-refractivity contribution in [1.29, 1.82) is 0 Å². The fourth-order valence-corrected chi connectivity index (χ4v) is 3.52. The molecule has 0 bridgehead atoms. The second-order valence-corrected chi connectivity index (χ2v) is 16.4. The van der Waals surface area contributed by atoms with E-state index in [0.717, 1.165) is 0 Å². The highest BCUT2D eigenvalue weighted by Crippen LogP contribution is 2.38. The highest BCUT2D eigenvalue weighted by molar-refractivity contribution is 5.82. The zero-order chi connectivity index (χ0) is 51.7. The molecule has 0 aliphatic heterocycles. The van der Waals surface area contributed by atoms with Crippen LogP contribution in [0.2, 0.25) is 0 Å². The quantitative estimate of drug-likeness (QED) is 0.0470. The predicted octanol–water partition coefficient (Wildman–Crippen LogP) is 7.38. The van der Waals surface area contributed by atoms with Gasteiger partial charge < -0.3 is 37.9 Å². The third-order valence-electron chi connectivity index (χ3n) is 8.61. The van der Waals surface area contributed by atoms with Crippen LogP contribution in [-0.4, -0.2) is 124 Å². The average molecular weight is 965 g/mol. The Kier molecular flexibility index (Phi) is 28.7. The van der Waals surface area contributed by atoms with Gasteiger partial charge in [-0.2, -0.15) is 0 Å². The van der Waals surface area contributed by atoms with Gasteiger partial charge in [-0.05, 0) is 81.6 Å². The number of hydrogen-bond donors (Lipinski definition) is 0. The minimum atomic E-state index is -4.34. The van der Waals surface area contributed by atoms with E-state index in [4.69, 9.17) is 9.47 Å². The SMILES string of the molecule is CCC(C)(C)C(=O)OCC(=O)OCC(=O)OCCC(C)(F)F.CCC(C)(C)C(=O)OCC(=O)OCC(F)(F)CC(F)(F)CC(C)(F)F.CCOC(=O)COC(=O)COC(=O)C(C)(C)CC. The highest BCUT2D eigenvalue weighted by atomic mass is 19.3. The van der Waals surface area contributed by atoms with Crippen LogP contribution in [0.25, 0.3) is 0 Å². The van der Waals surface area contributed by atoms with E-state index in [2.05, 4.69) is 28.4 Å². The average Bonchev–Trinajstić information content (AvgIpc) is 3.17. The molecule has 0 radical (unpaired) electrons. The van der Waals surface area contributed by atoms with Crippen molar-refractivity contribution >= 4 is 47.8 Å². The summed E-state index contributed by atoms with van der Waals surface area (Å²) in [5, 5.41) is 0. The molecule has 0 unspecified atom stereocenters. The van der Waals surface area contributed by atoms with Crippen LogP contribution in [0.5, 0.6) is 0 Å². The summed E-state index contributed by atoms with van der Waals surface area (Å²) in [6, 6.07) is 0. The molecule has 0 rings (SSSR count). The topological polar surface area (TPSA) is 210 Å². The number of carbonyl (C=O) groups excluding carboxylic acids is 8. The summed E-state index contributed by atoms with van der Waals surface area (Å²) in [7, 11) is 0. The van der Waals surface area contributed by atoms with Crippen molar-refractivity contribution in [3.63, 3.8) is 0 Å². The molecule has 0 N–H and O–H groups in total. The lowest BCUT2D eigenvalue weighted by molar-refractivity contribution is -0.183. The Morgan fingerprint density at radius 2 is 0.677 bits per heavy atom. The lowest BCUT2D eigenvalue weighted by Gasteiger charge is -2.25. The van der Waals surface area contributed by atoms with Gasteiger partial charge in [0.15, 0.2) is 39.6 Å². The maximum Gasteiger partial charge on any atom is 0.344 e. The molecule has 0 aromatic rings. The van der Waals surface area contributed by atoms with E-state index in [0.29, 0.717) is 26.2 Å². The van der Waals surface area contributed by atoms with Gasteiger partial charge in [0.2, 0.25) is 5.92 Å². The van der Waals surface area contributed by atoms with Gasteiger partial charge in [-0.1, -0.05) is 20.8 Å². The number of halogens is 8. The van der Waals surface area contributed by atoms with E-state index in [1.807, 2.05) is 6.92 Å². The van der Waals surface area contributed by atoms with Crippen molar-refractivity contribution in [3.8, 4) is 0 Å². The van der Waals surface area contributed by atoms with Gasteiger partial charge in [0.05, 0.1) is 42.3 Å². The van der Waals surface area contributed by atoms with Gasteiger partial charge in [0, 0.05) is 6.42 Å². The fraction of sp³-hybridized carbons (Fsp3) is 0.805. The van der Waals surface area contributed by atoms with Crippen molar-refractivity contribution in [2.45, 2.75) is 145 Å². The molecule has 0 aromatic carbocycles. The number of carbonyl (C=O) groups is 8. The maximum atomic E-state index is 13.4. The number of alkyl halides is 8. The summed E-state index contributed by atoms with van der Waals surface area (Å²) in [4.78, 5) is 90.4. The Bertz CT molecular complexity index is 1540. The largest absolute Gasteiger partial charge is 0.463 e. The molecule has 24 heteroatoms. The van der Waals surface area contributed by atoms with Crippen LogP contribution in [0.3, 0.4) is 0 Å². The fourth-order valence-electron chi connectivity index (χ4n) is 3.52. The molecular formula is C41H64F8O16. The van der Waals surface area contributed by atoms with Crippen LogP contribution >= 0.6 is 0 Å². The van der Waals surface area contributed by atoms with Crippen molar-refractivity contribution < 1.29 is 111 Å². The Labute approximate surface area is 373 Å². The van der Waals surface area contributed by atoms with E-state index in [9.17, 15) is 73.5 Å². The first-order valence-corrected chi connectivity index (χ1v) is 20.1. The Balaban J connectivity index is -0.000000899. The van der Waals surface area contributed by atoms with Gasteiger partial charge in [0.25, 0.3) is 17.8 Å². The van der Waals surface area contributed by atoms with Crippen LogP contribution in [0.4, 0.5) is 35.1 Å². The lowest BCUT2D eigenvalue weighted by Crippen LogP contribution is -2.37. The number of esters is 8. The van der Waals surface area contributed by atoms with E-state index >= 15 is 0 Å². The molecule has 16 nitrogen and oxygen atoms in total. The lowest BCUT2D eigenvalue weighted by atomic mass is 9.91. The van der Waals surface area contributed by atoms with Gasteiger partial charge in [-0.25, -0.2) is 59.1 Å². The van der Waals surface area contributed by atoms with Gasteiger partial charge in [-0.15, -0.1) is 0 Å². The molecule has 0 heterocycles. The van der Waals surface area contributed by atoms with Crippen LogP contribution < -0.4 is 0 Å². The molecule has 0 aliphatic rings. The Hall–Kier alpha value is -4.80. The standard InChI is InChI=1S/C15H22F6O4.C14H22F2O6.C12H20O6/c1-5-12(2,3)11(23)24-6-10(22)25-9-15(20,21)8-14(18,19)7-13(4,16)17;1-5-13(2,3)12(19)22-9-11(18)21-8-10(17)20-7-6-14(4,15)16;1-5-12(3,4)11(15)18-8-10(14)17-7-9(13)16-6-2/h5-9H2,1-4H3;5-9H2,1-4H3;5-8H2,1-4H3.